The lowest BCUT2D eigenvalue weighted by Gasteiger charge is -2.29. The Balaban J connectivity index is 1.36. The Labute approximate surface area is 209 Å². The van der Waals surface area contributed by atoms with E-state index in [9.17, 15) is 22.8 Å². The van der Waals surface area contributed by atoms with Crippen molar-refractivity contribution in [3.8, 4) is 11.3 Å². The van der Waals surface area contributed by atoms with Crippen LogP contribution in [0.15, 0.2) is 55.0 Å². The third-order valence-electron chi connectivity index (χ3n) is 5.58. The summed E-state index contributed by atoms with van der Waals surface area (Å²) in [6.45, 7) is 4.49. The lowest BCUT2D eigenvalue weighted by atomic mass is 9.97. The average Bonchev–Trinajstić information content (AvgIpc) is 3.30. The van der Waals surface area contributed by atoms with E-state index in [1.54, 1.807) is 31.2 Å². The van der Waals surface area contributed by atoms with Gasteiger partial charge in [0.15, 0.2) is 10.9 Å². The number of carbonyl (C=O) groups excluding carboxylic acids is 2. The van der Waals surface area contributed by atoms with Gasteiger partial charge in [0.25, 0.3) is 0 Å². The van der Waals surface area contributed by atoms with Crippen molar-refractivity contribution < 1.29 is 22.8 Å². The Morgan fingerprint density at radius 3 is 2.58 bits per heavy atom. The zero-order chi connectivity index (χ0) is 25.7. The quantitative estimate of drug-likeness (QED) is 0.426. The van der Waals surface area contributed by atoms with Crippen molar-refractivity contribution in [1.29, 1.82) is 0 Å². The number of alkyl halides is 3. The maximum Gasteiger partial charge on any atom is 0.427 e. The van der Waals surface area contributed by atoms with Crippen molar-refractivity contribution in [2.24, 2.45) is 0 Å². The van der Waals surface area contributed by atoms with Crippen molar-refractivity contribution in [2.75, 3.05) is 30.3 Å². The van der Waals surface area contributed by atoms with E-state index < -0.39 is 22.9 Å². The van der Waals surface area contributed by atoms with Gasteiger partial charge in [-0.05, 0) is 38.1 Å². The highest BCUT2D eigenvalue weighted by Gasteiger charge is 2.33. The number of benzene rings is 1. The molecule has 1 unspecified atom stereocenters. The molecular weight excluding hydrogens is 493 g/mol. The normalized spacial score (nSPS) is 14.9. The van der Waals surface area contributed by atoms with Gasteiger partial charge in [0.05, 0.1) is 30.2 Å². The number of aromatic nitrogens is 3. The molecule has 0 saturated carbocycles. The lowest BCUT2D eigenvalue weighted by Crippen LogP contribution is -2.37. The first kappa shape index (κ1) is 25.5. The number of rotatable bonds is 8. The molecule has 2 N–H and O–H groups in total. The van der Waals surface area contributed by atoms with E-state index in [0.717, 1.165) is 19.6 Å². The van der Waals surface area contributed by atoms with Gasteiger partial charge in [0.1, 0.15) is 4.88 Å². The van der Waals surface area contributed by atoms with E-state index >= 15 is 0 Å². The Kier molecular flexibility index (Phi) is 7.75. The zero-order valence-electron chi connectivity index (χ0n) is 19.2. The monoisotopic (exact) mass is 516 g/mol. The first-order valence-corrected chi connectivity index (χ1v) is 12.0. The summed E-state index contributed by atoms with van der Waals surface area (Å²) in [4.78, 5) is 38.2. The molecule has 0 aliphatic carbocycles. The number of hydrogen-bond donors (Lipinski definition) is 2. The van der Waals surface area contributed by atoms with Crippen LogP contribution >= 0.6 is 11.3 Å². The molecule has 4 rings (SSSR count). The topological polar surface area (TPSA) is 100 Å². The molecule has 0 radical (unpaired) electrons. The second kappa shape index (κ2) is 11.0. The number of nitrogens with one attached hydrogen (secondary N) is 2. The molecule has 2 amide bonds. The van der Waals surface area contributed by atoms with Crippen LogP contribution in [0.3, 0.4) is 0 Å². The minimum Gasteiger partial charge on any atom is -0.306 e. The number of thiazole rings is 1. The molecule has 36 heavy (non-hydrogen) atoms. The summed E-state index contributed by atoms with van der Waals surface area (Å²) in [7, 11) is 0. The molecule has 188 valence electrons. The number of amides is 2. The number of halogens is 3. The highest BCUT2D eigenvalue weighted by molar-refractivity contribution is 7.15. The van der Waals surface area contributed by atoms with Crippen molar-refractivity contribution in [1.82, 2.24) is 19.9 Å². The summed E-state index contributed by atoms with van der Waals surface area (Å²) in [5.74, 6) is -1.12. The van der Waals surface area contributed by atoms with Gasteiger partial charge in [0.2, 0.25) is 11.8 Å². The Morgan fingerprint density at radius 1 is 1.14 bits per heavy atom. The van der Waals surface area contributed by atoms with Crippen LogP contribution in [-0.2, 0) is 15.8 Å². The fourth-order valence-corrected chi connectivity index (χ4v) is 4.06. The molecule has 0 spiro atoms. The molecule has 1 aromatic carbocycles. The van der Waals surface area contributed by atoms with Gasteiger partial charge in [-0.1, -0.05) is 35.6 Å². The van der Waals surface area contributed by atoms with Crippen molar-refractivity contribution in [3.05, 3.63) is 65.4 Å². The molecule has 8 nitrogen and oxygen atoms in total. The van der Waals surface area contributed by atoms with Gasteiger partial charge in [0, 0.05) is 18.2 Å². The van der Waals surface area contributed by atoms with E-state index in [1.165, 1.54) is 24.9 Å². The molecule has 1 fully saturated rings. The van der Waals surface area contributed by atoms with Gasteiger partial charge in [-0.15, -0.1) is 0 Å². The van der Waals surface area contributed by atoms with Gasteiger partial charge in [-0.25, -0.2) is 9.97 Å². The van der Waals surface area contributed by atoms with E-state index in [-0.39, 0.29) is 11.0 Å². The molecule has 3 heterocycles. The Morgan fingerprint density at radius 2 is 1.94 bits per heavy atom. The molecule has 1 atom stereocenters. The molecule has 0 bridgehead atoms. The van der Waals surface area contributed by atoms with Gasteiger partial charge >= 0.3 is 6.18 Å². The van der Waals surface area contributed by atoms with Crippen molar-refractivity contribution in [2.45, 2.75) is 25.4 Å². The average molecular weight is 517 g/mol. The van der Waals surface area contributed by atoms with Gasteiger partial charge in [-0.2, -0.15) is 13.2 Å². The number of nitrogens with zero attached hydrogens (tertiary/aromatic N) is 4. The predicted octanol–water partition coefficient (Wildman–Crippen LogP) is 4.56. The van der Waals surface area contributed by atoms with Gasteiger partial charge in [-0.3, -0.25) is 19.5 Å². The van der Waals surface area contributed by atoms with Crippen LogP contribution in [0.25, 0.3) is 11.3 Å². The van der Waals surface area contributed by atoms with Crippen LogP contribution in [0.4, 0.5) is 24.1 Å². The molecule has 1 aliphatic heterocycles. The summed E-state index contributed by atoms with van der Waals surface area (Å²) in [5.41, 5.74) is 1.87. The van der Waals surface area contributed by atoms with Crippen molar-refractivity contribution >= 4 is 34.1 Å². The SMILES string of the molecule is CC(C(=O)Nc1ncc(C(F)(F)F)s1)c1cccc(-c2cnc(NC(=O)/C=C/CN3CCC3)cn2)c1. The van der Waals surface area contributed by atoms with Crippen molar-refractivity contribution in [3.63, 3.8) is 0 Å². The number of likely N-dealkylation sites (tertiary alicyclic amines) is 1. The summed E-state index contributed by atoms with van der Waals surface area (Å²) in [6.07, 6.45) is 3.61. The summed E-state index contributed by atoms with van der Waals surface area (Å²) in [6, 6.07) is 7.05. The number of carbonyl (C=O) groups is 2. The summed E-state index contributed by atoms with van der Waals surface area (Å²) >= 11 is 0.373. The lowest BCUT2D eigenvalue weighted by molar-refractivity contribution is -0.134. The second-order valence-electron chi connectivity index (χ2n) is 8.20. The van der Waals surface area contributed by atoms with E-state index in [4.69, 9.17) is 0 Å². The minimum absolute atomic E-state index is 0.116. The fraction of sp³-hybridized carbons (Fsp3) is 0.292. The largest absolute Gasteiger partial charge is 0.427 e. The molecule has 1 saturated heterocycles. The fourth-order valence-electron chi connectivity index (χ4n) is 3.38. The number of hydrogen-bond acceptors (Lipinski definition) is 7. The van der Waals surface area contributed by atoms with Gasteiger partial charge < -0.3 is 10.6 Å². The van der Waals surface area contributed by atoms with Crippen LogP contribution in [0.1, 0.15) is 29.7 Å². The predicted molar refractivity (Wildman–Crippen MR) is 130 cm³/mol. The van der Waals surface area contributed by atoms with Crippen LogP contribution < -0.4 is 10.6 Å². The molecule has 12 heteroatoms. The number of anilines is 2. The molecule has 2 aromatic heterocycles. The Bertz CT molecular complexity index is 1260. The smallest absolute Gasteiger partial charge is 0.306 e. The molecule has 1 aliphatic rings. The zero-order valence-corrected chi connectivity index (χ0v) is 20.1. The molecular formula is C24H23F3N6O2S. The van der Waals surface area contributed by atoms with E-state index in [1.807, 2.05) is 6.08 Å². The summed E-state index contributed by atoms with van der Waals surface area (Å²) < 4.78 is 38.3. The van der Waals surface area contributed by atoms with E-state index in [0.29, 0.717) is 40.2 Å². The van der Waals surface area contributed by atoms with Crippen LogP contribution in [0.5, 0.6) is 0 Å². The minimum atomic E-state index is -4.51. The highest BCUT2D eigenvalue weighted by Crippen LogP contribution is 2.35. The highest BCUT2D eigenvalue weighted by atomic mass is 32.1. The first-order valence-electron chi connectivity index (χ1n) is 11.1. The van der Waals surface area contributed by atoms with Crippen LogP contribution in [0, 0.1) is 0 Å². The second-order valence-corrected chi connectivity index (χ2v) is 9.23. The first-order chi connectivity index (χ1) is 17.2. The van der Waals surface area contributed by atoms with Crippen LogP contribution in [-0.4, -0.2) is 51.3 Å². The van der Waals surface area contributed by atoms with Crippen LogP contribution in [0.2, 0.25) is 0 Å². The maximum atomic E-state index is 12.8. The summed E-state index contributed by atoms with van der Waals surface area (Å²) in [5, 5.41) is 4.98. The van der Waals surface area contributed by atoms with E-state index in [2.05, 4.69) is 30.5 Å². The third-order valence-corrected chi connectivity index (χ3v) is 6.53. The Hall–Kier alpha value is -3.64. The molecule has 3 aromatic rings. The standard InChI is InChI=1S/C24H23F3N6O2S/c1-15(22(35)32-23-30-13-19(36-23)24(25,26)27)16-5-2-6-17(11-16)18-12-29-20(14-28-18)31-21(34)7-3-8-33-9-4-10-33/h2-3,5-7,11-15H,4,8-10H2,1H3,(H,29,31,34)(H,30,32,35)/b7-3+. The third kappa shape index (κ3) is 6.52. The maximum absolute atomic E-state index is 12.8.